The van der Waals surface area contributed by atoms with Gasteiger partial charge in [0.05, 0.1) is 25.3 Å². The van der Waals surface area contributed by atoms with Crippen molar-refractivity contribution in [3.63, 3.8) is 0 Å². The fourth-order valence-corrected chi connectivity index (χ4v) is 4.65. The molecule has 2 aromatic carbocycles. The number of amides is 1. The lowest BCUT2D eigenvalue weighted by Crippen LogP contribution is -2.46. The standard InChI is InChI=1S/C21H25N3O5S2/c1-15(24(31(3,26)27)17-6-10-18(28-2)11-7-17)21(25)23-22-12-16-4-8-19(9-5-16)29-20-13-30-14-20/h4-12,15,20H,13-14H2,1-3H3,(H,23,25)/t15-/m1/s1. The van der Waals surface area contributed by atoms with Crippen LogP contribution in [0.15, 0.2) is 53.6 Å². The molecule has 0 spiro atoms. The van der Waals surface area contributed by atoms with E-state index >= 15 is 0 Å². The molecular formula is C21H25N3O5S2. The first-order valence-electron chi connectivity index (χ1n) is 9.59. The molecule has 0 aliphatic carbocycles. The van der Waals surface area contributed by atoms with Crippen molar-refractivity contribution in [2.45, 2.75) is 19.1 Å². The number of hydrazone groups is 1. The number of thioether (sulfide) groups is 1. The summed E-state index contributed by atoms with van der Waals surface area (Å²) < 4.78 is 36.6. The Morgan fingerprint density at radius 2 is 1.77 bits per heavy atom. The molecule has 8 nitrogen and oxygen atoms in total. The average Bonchev–Trinajstić information content (AvgIpc) is 2.71. The van der Waals surface area contributed by atoms with E-state index in [2.05, 4.69) is 10.5 Å². The molecule has 3 rings (SSSR count). The van der Waals surface area contributed by atoms with E-state index in [4.69, 9.17) is 9.47 Å². The number of carbonyl (C=O) groups excluding carboxylic acids is 1. The number of sulfonamides is 1. The fraction of sp³-hybridized carbons (Fsp3) is 0.333. The first-order chi connectivity index (χ1) is 14.8. The number of nitrogens with one attached hydrogen (secondary N) is 1. The Kier molecular flexibility index (Phi) is 7.45. The van der Waals surface area contributed by atoms with Crippen molar-refractivity contribution < 1.29 is 22.7 Å². The van der Waals surface area contributed by atoms with Gasteiger partial charge in [-0.05, 0) is 61.0 Å². The van der Waals surface area contributed by atoms with Crippen LogP contribution >= 0.6 is 11.8 Å². The minimum atomic E-state index is -3.71. The van der Waals surface area contributed by atoms with E-state index in [1.54, 1.807) is 24.3 Å². The van der Waals surface area contributed by atoms with Gasteiger partial charge in [0.15, 0.2) is 0 Å². The smallest absolute Gasteiger partial charge is 0.263 e. The van der Waals surface area contributed by atoms with E-state index in [9.17, 15) is 13.2 Å². The van der Waals surface area contributed by atoms with Gasteiger partial charge in [-0.15, -0.1) is 0 Å². The number of ether oxygens (including phenoxy) is 2. The molecule has 31 heavy (non-hydrogen) atoms. The van der Waals surface area contributed by atoms with Gasteiger partial charge < -0.3 is 9.47 Å². The third-order valence-corrected chi connectivity index (χ3v) is 7.05. The van der Waals surface area contributed by atoms with E-state index in [1.165, 1.54) is 20.2 Å². The highest BCUT2D eigenvalue weighted by atomic mass is 32.2. The number of methoxy groups -OCH3 is 1. The Morgan fingerprint density at radius 3 is 2.29 bits per heavy atom. The average molecular weight is 464 g/mol. The van der Waals surface area contributed by atoms with Gasteiger partial charge in [-0.25, -0.2) is 13.8 Å². The SMILES string of the molecule is COc1ccc(N([C@H](C)C(=O)NN=Cc2ccc(OC3CSC3)cc2)S(C)(=O)=O)cc1. The van der Waals surface area contributed by atoms with Gasteiger partial charge in [0, 0.05) is 11.5 Å². The summed E-state index contributed by atoms with van der Waals surface area (Å²) in [7, 11) is -2.19. The van der Waals surface area contributed by atoms with Gasteiger partial charge in [0.2, 0.25) is 10.0 Å². The summed E-state index contributed by atoms with van der Waals surface area (Å²) in [5.74, 6) is 2.84. The topological polar surface area (TPSA) is 97.3 Å². The summed E-state index contributed by atoms with van der Waals surface area (Å²) in [6.45, 7) is 1.50. The van der Waals surface area contributed by atoms with Crippen LogP contribution in [0.3, 0.4) is 0 Å². The van der Waals surface area contributed by atoms with E-state index in [0.717, 1.165) is 33.4 Å². The van der Waals surface area contributed by atoms with Gasteiger partial charge in [-0.3, -0.25) is 9.10 Å². The molecule has 166 valence electrons. The van der Waals surface area contributed by atoms with E-state index in [0.29, 0.717) is 11.4 Å². The van der Waals surface area contributed by atoms with Crippen molar-refractivity contribution in [2.24, 2.45) is 5.10 Å². The molecule has 1 amide bonds. The zero-order chi connectivity index (χ0) is 22.4. The molecule has 0 bridgehead atoms. The minimum absolute atomic E-state index is 0.272. The zero-order valence-corrected chi connectivity index (χ0v) is 19.2. The normalized spacial score (nSPS) is 15.2. The highest BCUT2D eigenvalue weighted by molar-refractivity contribution is 8.00. The molecular weight excluding hydrogens is 438 g/mol. The minimum Gasteiger partial charge on any atom is -0.497 e. The van der Waals surface area contributed by atoms with Crippen molar-refractivity contribution in [1.29, 1.82) is 0 Å². The second-order valence-electron chi connectivity index (χ2n) is 7.01. The van der Waals surface area contributed by atoms with Crippen molar-refractivity contribution >= 4 is 39.6 Å². The molecule has 0 unspecified atom stereocenters. The lowest BCUT2D eigenvalue weighted by Gasteiger charge is -2.27. The first-order valence-corrected chi connectivity index (χ1v) is 12.6. The number of hydrogen-bond acceptors (Lipinski definition) is 7. The Morgan fingerprint density at radius 1 is 1.16 bits per heavy atom. The molecule has 0 saturated carbocycles. The summed E-state index contributed by atoms with van der Waals surface area (Å²) >= 11 is 1.85. The Hall–Kier alpha value is -2.72. The van der Waals surface area contributed by atoms with E-state index in [-0.39, 0.29) is 6.10 Å². The summed E-state index contributed by atoms with van der Waals surface area (Å²) in [5, 5.41) is 3.96. The Labute approximate surface area is 186 Å². The van der Waals surface area contributed by atoms with Crippen LogP contribution < -0.4 is 19.2 Å². The highest BCUT2D eigenvalue weighted by Crippen LogP contribution is 2.25. The van der Waals surface area contributed by atoms with Crippen molar-refractivity contribution in [1.82, 2.24) is 5.43 Å². The second-order valence-corrected chi connectivity index (χ2v) is 9.95. The Balaban J connectivity index is 1.63. The molecule has 10 heteroatoms. The van der Waals surface area contributed by atoms with Crippen LogP contribution in [-0.4, -0.2) is 57.6 Å². The molecule has 1 aliphatic heterocycles. The number of benzene rings is 2. The quantitative estimate of drug-likeness (QED) is 0.453. The molecule has 1 aliphatic rings. The molecule has 1 N–H and O–H groups in total. The lowest BCUT2D eigenvalue weighted by atomic mass is 10.2. The largest absolute Gasteiger partial charge is 0.497 e. The number of rotatable bonds is 9. The maximum Gasteiger partial charge on any atom is 0.263 e. The lowest BCUT2D eigenvalue weighted by molar-refractivity contribution is -0.121. The van der Waals surface area contributed by atoms with Crippen molar-refractivity contribution in [3.05, 3.63) is 54.1 Å². The van der Waals surface area contributed by atoms with Crippen LogP contribution in [0.2, 0.25) is 0 Å². The van der Waals surface area contributed by atoms with Crippen molar-refractivity contribution in [3.8, 4) is 11.5 Å². The molecule has 1 saturated heterocycles. The highest BCUT2D eigenvalue weighted by Gasteiger charge is 2.29. The van der Waals surface area contributed by atoms with Gasteiger partial charge in [0.25, 0.3) is 5.91 Å². The number of nitrogens with zero attached hydrogens (tertiary/aromatic N) is 2. The van der Waals surface area contributed by atoms with E-state index < -0.39 is 22.0 Å². The molecule has 1 fully saturated rings. The van der Waals surface area contributed by atoms with Crippen LogP contribution in [0.4, 0.5) is 5.69 Å². The third kappa shape index (κ3) is 6.14. The van der Waals surface area contributed by atoms with Crippen LogP contribution in [-0.2, 0) is 14.8 Å². The van der Waals surface area contributed by atoms with Crippen LogP contribution in [0.1, 0.15) is 12.5 Å². The van der Waals surface area contributed by atoms with Crippen molar-refractivity contribution in [2.75, 3.05) is 29.2 Å². The Bertz CT molecular complexity index is 1020. The molecule has 0 radical (unpaired) electrons. The predicted octanol–water partition coefficient (Wildman–Crippen LogP) is 2.49. The molecule has 0 aromatic heterocycles. The molecule has 2 aromatic rings. The summed E-state index contributed by atoms with van der Waals surface area (Å²) in [6.07, 6.45) is 2.82. The maximum atomic E-state index is 12.6. The number of anilines is 1. The monoisotopic (exact) mass is 463 g/mol. The molecule has 1 heterocycles. The number of carbonyl (C=O) groups is 1. The summed E-state index contributed by atoms with van der Waals surface area (Å²) in [4.78, 5) is 12.6. The van der Waals surface area contributed by atoms with Crippen LogP contribution in [0.5, 0.6) is 11.5 Å². The third-order valence-electron chi connectivity index (χ3n) is 4.59. The van der Waals surface area contributed by atoms with Gasteiger partial charge in [-0.1, -0.05) is 0 Å². The summed E-state index contributed by atoms with van der Waals surface area (Å²) in [6, 6.07) is 12.8. The van der Waals surface area contributed by atoms with Gasteiger partial charge >= 0.3 is 0 Å². The maximum absolute atomic E-state index is 12.6. The molecule has 1 atom stereocenters. The fourth-order valence-electron chi connectivity index (χ4n) is 2.91. The second kappa shape index (κ2) is 10.1. The van der Waals surface area contributed by atoms with Crippen LogP contribution in [0, 0.1) is 0 Å². The number of hydrogen-bond donors (Lipinski definition) is 1. The van der Waals surface area contributed by atoms with E-state index in [1.807, 2.05) is 36.0 Å². The van der Waals surface area contributed by atoms with Gasteiger partial charge in [-0.2, -0.15) is 16.9 Å². The zero-order valence-electron chi connectivity index (χ0n) is 17.5. The predicted molar refractivity (Wildman–Crippen MR) is 124 cm³/mol. The van der Waals surface area contributed by atoms with Crippen LogP contribution in [0.25, 0.3) is 0 Å². The first kappa shape index (κ1) is 23.0. The summed E-state index contributed by atoms with van der Waals surface area (Å²) in [5.41, 5.74) is 3.54. The van der Waals surface area contributed by atoms with Gasteiger partial charge in [0.1, 0.15) is 23.6 Å².